The third kappa shape index (κ3) is 4.97. The van der Waals surface area contributed by atoms with E-state index in [2.05, 4.69) is 6.92 Å². The molecule has 1 atom stereocenters. The van der Waals surface area contributed by atoms with Crippen molar-refractivity contribution in [3.8, 4) is 0 Å². The summed E-state index contributed by atoms with van der Waals surface area (Å²) in [5.74, 6) is 0. The van der Waals surface area contributed by atoms with Gasteiger partial charge in [0.2, 0.25) is 0 Å². The summed E-state index contributed by atoms with van der Waals surface area (Å²) < 4.78 is 0. The highest BCUT2D eigenvalue weighted by molar-refractivity contribution is 6.30. The van der Waals surface area contributed by atoms with Gasteiger partial charge in [0.25, 0.3) is 0 Å². The minimum absolute atomic E-state index is 0.464. The highest BCUT2D eigenvalue weighted by atomic mass is 35.5. The molecule has 1 aromatic rings. The van der Waals surface area contributed by atoms with Gasteiger partial charge in [-0.3, -0.25) is 0 Å². The quantitative estimate of drug-likeness (QED) is 0.563. The Balaban J connectivity index is 2.38. The molecule has 2 nitrogen and oxygen atoms in total. The maximum absolute atomic E-state index is 10.0. The second kappa shape index (κ2) is 7.57. The van der Waals surface area contributed by atoms with Crippen LogP contribution in [0, 0.1) is 0 Å². The van der Waals surface area contributed by atoms with Crippen LogP contribution in [-0.2, 0) is 0 Å². The predicted octanol–water partition coefficient (Wildman–Crippen LogP) is 4.32. The number of hydrogen-bond acceptors (Lipinski definition) is 2. The molecule has 0 fully saturated rings. The van der Waals surface area contributed by atoms with Gasteiger partial charge in [-0.15, -0.1) is 0 Å². The van der Waals surface area contributed by atoms with Gasteiger partial charge in [0.1, 0.15) is 0 Å². The number of halogens is 1. The third-order valence-corrected chi connectivity index (χ3v) is 3.22. The maximum atomic E-state index is 10.0. The number of nitrogens with two attached hydrogens (primary N) is 1. The van der Waals surface area contributed by atoms with Crippen molar-refractivity contribution in [3.63, 3.8) is 0 Å². The minimum Gasteiger partial charge on any atom is -0.398 e. The van der Waals surface area contributed by atoms with Gasteiger partial charge in [-0.05, 0) is 18.6 Å². The zero-order valence-electron chi connectivity index (χ0n) is 10.5. The van der Waals surface area contributed by atoms with Crippen molar-refractivity contribution in [2.45, 2.75) is 51.6 Å². The highest BCUT2D eigenvalue weighted by Gasteiger charge is 2.10. The molecule has 0 amide bonds. The first kappa shape index (κ1) is 14.3. The Bertz CT molecular complexity index is 341. The van der Waals surface area contributed by atoms with Gasteiger partial charge in [0, 0.05) is 16.3 Å². The van der Waals surface area contributed by atoms with Gasteiger partial charge < -0.3 is 10.8 Å². The molecular weight excluding hydrogens is 234 g/mol. The molecule has 96 valence electrons. The summed E-state index contributed by atoms with van der Waals surface area (Å²) in [5, 5.41) is 10.6. The average molecular weight is 256 g/mol. The van der Waals surface area contributed by atoms with E-state index in [9.17, 15) is 5.11 Å². The lowest BCUT2D eigenvalue weighted by atomic mass is 10.0. The summed E-state index contributed by atoms with van der Waals surface area (Å²) in [6, 6.07) is 5.28. The Morgan fingerprint density at radius 1 is 1.24 bits per heavy atom. The summed E-state index contributed by atoms with van der Waals surface area (Å²) in [6.07, 6.45) is 6.30. The van der Waals surface area contributed by atoms with Crippen LogP contribution in [0.15, 0.2) is 18.2 Å². The Morgan fingerprint density at radius 2 is 1.94 bits per heavy atom. The molecule has 17 heavy (non-hydrogen) atoms. The second-order valence-electron chi connectivity index (χ2n) is 4.49. The number of rotatable bonds is 7. The highest BCUT2D eigenvalue weighted by Crippen LogP contribution is 2.27. The lowest BCUT2D eigenvalue weighted by Crippen LogP contribution is -2.02. The topological polar surface area (TPSA) is 46.2 Å². The summed E-state index contributed by atoms with van der Waals surface area (Å²) >= 11 is 5.82. The lowest BCUT2D eigenvalue weighted by molar-refractivity contribution is 0.164. The van der Waals surface area contributed by atoms with E-state index in [1.54, 1.807) is 12.1 Å². The van der Waals surface area contributed by atoms with E-state index in [0.29, 0.717) is 10.7 Å². The maximum Gasteiger partial charge on any atom is 0.0809 e. The number of anilines is 1. The molecule has 0 radical (unpaired) electrons. The van der Waals surface area contributed by atoms with Crippen molar-refractivity contribution < 1.29 is 5.11 Å². The molecule has 0 saturated heterocycles. The van der Waals surface area contributed by atoms with Crippen LogP contribution in [0.3, 0.4) is 0 Å². The van der Waals surface area contributed by atoms with E-state index in [4.69, 9.17) is 17.3 Å². The molecular formula is C14H22ClNO. The van der Waals surface area contributed by atoms with Gasteiger partial charge in [0.05, 0.1) is 6.10 Å². The number of aliphatic hydroxyl groups excluding tert-OH is 1. The van der Waals surface area contributed by atoms with Crippen LogP contribution in [0.1, 0.15) is 57.1 Å². The predicted molar refractivity (Wildman–Crippen MR) is 74.2 cm³/mol. The molecule has 0 heterocycles. The molecule has 1 unspecified atom stereocenters. The number of aliphatic hydroxyl groups is 1. The number of hydrogen-bond donors (Lipinski definition) is 2. The van der Waals surface area contributed by atoms with Crippen LogP contribution < -0.4 is 5.73 Å². The molecule has 0 saturated carbocycles. The Labute approximate surface area is 109 Å². The Morgan fingerprint density at radius 3 is 2.59 bits per heavy atom. The normalized spacial score (nSPS) is 12.6. The lowest BCUT2D eigenvalue weighted by Gasteiger charge is -2.13. The molecule has 0 aliphatic rings. The summed E-state index contributed by atoms with van der Waals surface area (Å²) in [5.41, 5.74) is 7.21. The van der Waals surface area contributed by atoms with Gasteiger partial charge in [-0.2, -0.15) is 0 Å². The first-order valence-corrected chi connectivity index (χ1v) is 6.76. The van der Waals surface area contributed by atoms with E-state index in [1.807, 2.05) is 6.07 Å². The number of unbranched alkanes of at least 4 members (excludes halogenated alkanes) is 4. The molecule has 0 aliphatic carbocycles. The van der Waals surface area contributed by atoms with E-state index in [1.165, 1.54) is 25.7 Å². The largest absolute Gasteiger partial charge is 0.398 e. The van der Waals surface area contributed by atoms with Crippen molar-refractivity contribution in [2.24, 2.45) is 0 Å². The van der Waals surface area contributed by atoms with E-state index < -0.39 is 6.10 Å². The van der Waals surface area contributed by atoms with Crippen molar-refractivity contribution in [2.75, 3.05) is 5.73 Å². The Hall–Kier alpha value is -0.730. The molecule has 3 heteroatoms. The molecule has 1 aromatic carbocycles. The summed E-state index contributed by atoms with van der Waals surface area (Å²) in [7, 11) is 0. The van der Waals surface area contributed by atoms with Crippen molar-refractivity contribution in [3.05, 3.63) is 28.8 Å². The molecule has 0 aliphatic heterocycles. The van der Waals surface area contributed by atoms with Crippen LogP contribution >= 0.6 is 11.6 Å². The van der Waals surface area contributed by atoms with Crippen molar-refractivity contribution >= 4 is 17.3 Å². The fourth-order valence-electron chi connectivity index (χ4n) is 1.95. The smallest absolute Gasteiger partial charge is 0.0809 e. The SMILES string of the molecule is CCCCCCCC(O)c1ccc(Cl)cc1N. The molecule has 0 spiro atoms. The number of nitrogen functional groups attached to an aromatic ring is 1. The minimum atomic E-state index is -0.464. The van der Waals surface area contributed by atoms with E-state index in [0.717, 1.165) is 18.4 Å². The Kier molecular flexibility index (Phi) is 6.38. The first-order valence-electron chi connectivity index (χ1n) is 6.38. The van der Waals surface area contributed by atoms with Crippen LogP contribution in [-0.4, -0.2) is 5.11 Å². The zero-order chi connectivity index (χ0) is 12.7. The van der Waals surface area contributed by atoms with E-state index in [-0.39, 0.29) is 0 Å². The van der Waals surface area contributed by atoms with Crippen LogP contribution in [0.4, 0.5) is 5.69 Å². The second-order valence-corrected chi connectivity index (χ2v) is 4.93. The molecule has 0 aromatic heterocycles. The van der Waals surface area contributed by atoms with E-state index >= 15 is 0 Å². The van der Waals surface area contributed by atoms with Crippen molar-refractivity contribution in [1.29, 1.82) is 0 Å². The standard InChI is InChI=1S/C14H22ClNO/c1-2-3-4-5-6-7-14(17)12-9-8-11(15)10-13(12)16/h8-10,14,17H,2-7,16H2,1H3. The van der Waals surface area contributed by atoms with Crippen LogP contribution in [0.25, 0.3) is 0 Å². The van der Waals surface area contributed by atoms with Crippen LogP contribution in [0.5, 0.6) is 0 Å². The molecule has 3 N–H and O–H groups in total. The fraction of sp³-hybridized carbons (Fsp3) is 0.571. The van der Waals surface area contributed by atoms with Crippen molar-refractivity contribution in [1.82, 2.24) is 0 Å². The molecule has 1 rings (SSSR count). The fourth-order valence-corrected chi connectivity index (χ4v) is 2.13. The first-order chi connectivity index (χ1) is 8.15. The summed E-state index contributed by atoms with van der Waals surface area (Å²) in [4.78, 5) is 0. The van der Waals surface area contributed by atoms with Crippen LogP contribution in [0.2, 0.25) is 5.02 Å². The summed E-state index contributed by atoms with van der Waals surface area (Å²) in [6.45, 7) is 2.20. The monoisotopic (exact) mass is 255 g/mol. The average Bonchev–Trinajstić information content (AvgIpc) is 2.28. The zero-order valence-corrected chi connectivity index (χ0v) is 11.2. The third-order valence-electron chi connectivity index (χ3n) is 2.99. The van der Waals surface area contributed by atoms with Gasteiger partial charge in [-0.25, -0.2) is 0 Å². The van der Waals surface area contributed by atoms with Gasteiger partial charge >= 0.3 is 0 Å². The van der Waals surface area contributed by atoms with Gasteiger partial charge in [0.15, 0.2) is 0 Å². The van der Waals surface area contributed by atoms with Gasteiger partial charge in [-0.1, -0.05) is 56.7 Å². The number of benzene rings is 1. The molecule has 0 bridgehead atoms.